The zero-order chi connectivity index (χ0) is 26.9. The predicted molar refractivity (Wildman–Crippen MR) is 124 cm³/mol. The number of esters is 2. The van der Waals surface area contributed by atoms with Gasteiger partial charge in [-0.3, -0.25) is 4.79 Å². The first kappa shape index (κ1) is 26.1. The number of alkyl halides is 1. The van der Waals surface area contributed by atoms with E-state index in [1.54, 1.807) is 6.07 Å². The number of carbonyl (C=O) groups is 2. The van der Waals surface area contributed by atoms with Crippen LogP contribution >= 0.6 is 11.6 Å². The number of nitrogens with two attached hydrogens (primary N) is 1. The third kappa shape index (κ3) is 4.99. The lowest BCUT2D eigenvalue weighted by molar-refractivity contribution is -0.169. The van der Waals surface area contributed by atoms with Crippen LogP contribution in [0.1, 0.15) is 36.0 Å². The fourth-order valence-corrected chi connectivity index (χ4v) is 3.99. The van der Waals surface area contributed by atoms with Gasteiger partial charge in [0.05, 0.1) is 17.2 Å². The number of carbonyl (C=O) groups excluding carboxylic acids is 2. The summed E-state index contributed by atoms with van der Waals surface area (Å²) in [6.45, 7) is 2.20. The molecule has 0 bridgehead atoms. The van der Waals surface area contributed by atoms with E-state index in [1.807, 2.05) is 0 Å². The van der Waals surface area contributed by atoms with E-state index < -0.39 is 54.6 Å². The van der Waals surface area contributed by atoms with Crippen LogP contribution in [-0.4, -0.2) is 51.1 Å². The van der Waals surface area contributed by atoms with Crippen molar-refractivity contribution in [3.05, 3.63) is 69.2 Å². The summed E-state index contributed by atoms with van der Waals surface area (Å²) >= 11 is 5.91. The molecule has 0 amide bonds. The Morgan fingerprint density at radius 3 is 2.81 bits per heavy atom. The topological polar surface area (TPSA) is 167 Å². The van der Waals surface area contributed by atoms with Gasteiger partial charge in [-0.1, -0.05) is 36.6 Å². The van der Waals surface area contributed by atoms with Crippen LogP contribution < -0.4 is 5.73 Å². The number of nitrogen functional groups attached to an aromatic ring is 1. The Bertz CT molecular complexity index is 1410. The monoisotopic (exact) mass is 535 g/mol. The highest BCUT2D eigenvalue weighted by molar-refractivity contribution is 6.30. The van der Waals surface area contributed by atoms with E-state index in [-0.39, 0.29) is 27.6 Å². The van der Waals surface area contributed by atoms with Gasteiger partial charge >= 0.3 is 18.0 Å². The van der Waals surface area contributed by atoms with Gasteiger partial charge in [-0.05, 0) is 35.9 Å². The standard InChI is InChI=1S/C22H20ClF2N7O5/c1-10(2)19(33)36-17-15(24)16(13-6-7-14-18(26)28-21(25)29-32(13)14)37-22(17,30-31-27)9-35-20(34)11-4-3-5-12(23)8-11/h3-8,10,15-17H,9H2,1-2H3,(H2,26,28,29)/t15-,16-,17-,22?/m0/s1. The molecule has 3 heterocycles. The molecular formula is C22H20ClF2N7O5. The van der Waals surface area contributed by atoms with Gasteiger partial charge in [0.15, 0.2) is 18.1 Å². The molecule has 1 aliphatic heterocycles. The van der Waals surface area contributed by atoms with Crippen molar-refractivity contribution < 1.29 is 32.6 Å². The van der Waals surface area contributed by atoms with Crippen molar-refractivity contribution in [2.75, 3.05) is 12.3 Å². The Hall–Kier alpha value is -4.00. The molecule has 3 aromatic rings. The van der Waals surface area contributed by atoms with Crippen molar-refractivity contribution in [2.24, 2.45) is 11.0 Å². The zero-order valence-corrected chi connectivity index (χ0v) is 20.2. The first-order valence-corrected chi connectivity index (χ1v) is 11.3. The van der Waals surface area contributed by atoms with E-state index in [0.717, 1.165) is 4.52 Å². The first-order chi connectivity index (χ1) is 17.6. The predicted octanol–water partition coefficient (Wildman–Crippen LogP) is 3.94. The number of hydrogen-bond donors (Lipinski definition) is 1. The Labute approximate surface area is 212 Å². The maximum Gasteiger partial charge on any atom is 0.338 e. The van der Waals surface area contributed by atoms with E-state index in [1.165, 1.54) is 44.2 Å². The van der Waals surface area contributed by atoms with Crippen molar-refractivity contribution in [1.29, 1.82) is 0 Å². The number of anilines is 1. The minimum absolute atomic E-state index is 0.0442. The number of nitrogens with zero attached hydrogens (tertiary/aromatic N) is 6. The second-order valence-corrected chi connectivity index (χ2v) is 8.87. The Balaban J connectivity index is 1.74. The smallest absolute Gasteiger partial charge is 0.338 e. The normalized spacial score (nSPS) is 23.1. The minimum Gasteiger partial charge on any atom is -0.459 e. The summed E-state index contributed by atoms with van der Waals surface area (Å²) in [4.78, 5) is 31.2. The van der Waals surface area contributed by atoms with Crippen LogP contribution in [0.15, 0.2) is 41.5 Å². The maximum absolute atomic E-state index is 16.0. The lowest BCUT2D eigenvalue weighted by atomic mass is 10.0. The second-order valence-electron chi connectivity index (χ2n) is 8.44. The maximum atomic E-state index is 16.0. The number of azide groups is 1. The number of fused-ring (bicyclic) bond motifs is 1. The third-order valence-corrected chi connectivity index (χ3v) is 5.82. The van der Waals surface area contributed by atoms with E-state index in [0.29, 0.717) is 0 Å². The Kier molecular flexibility index (Phi) is 7.16. The summed E-state index contributed by atoms with van der Waals surface area (Å²) in [7, 11) is 0. The lowest BCUT2D eigenvalue weighted by Crippen LogP contribution is -2.47. The van der Waals surface area contributed by atoms with Gasteiger partial charge in [-0.2, -0.15) is 9.37 Å². The van der Waals surface area contributed by atoms with Crippen molar-refractivity contribution in [2.45, 2.75) is 38.0 Å². The molecule has 4 atom stereocenters. The molecular weight excluding hydrogens is 516 g/mol. The van der Waals surface area contributed by atoms with Gasteiger partial charge in [0.1, 0.15) is 18.2 Å². The highest BCUT2D eigenvalue weighted by atomic mass is 35.5. The van der Waals surface area contributed by atoms with Crippen LogP contribution in [0.25, 0.3) is 16.0 Å². The number of halogens is 3. The lowest BCUT2D eigenvalue weighted by Gasteiger charge is -2.29. The van der Waals surface area contributed by atoms with Gasteiger partial charge < -0.3 is 19.9 Å². The van der Waals surface area contributed by atoms with E-state index in [2.05, 4.69) is 20.1 Å². The summed E-state index contributed by atoms with van der Waals surface area (Å²) in [5.74, 6) is -2.61. The molecule has 12 nitrogen and oxygen atoms in total. The molecule has 0 spiro atoms. The fraction of sp³-hybridized carbons (Fsp3) is 0.364. The zero-order valence-electron chi connectivity index (χ0n) is 19.4. The third-order valence-electron chi connectivity index (χ3n) is 5.59. The molecule has 2 aromatic heterocycles. The SMILES string of the molecule is CC(C)C(=O)O[C@H]1[C@@H](F)[C@H](c2ccc3c(N)nc(F)nn23)OC1(COC(=O)c1cccc(Cl)c1)N=[N+]=[N-]. The highest BCUT2D eigenvalue weighted by Gasteiger charge is 2.60. The van der Waals surface area contributed by atoms with Crippen LogP contribution in [-0.2, 0) is 19.0 Å². The number of ether oxygens (including phenoxy) is 3. The summed E-state index contributed by atoms with van der Waals surface area (Å²) in [5.41, 5.74) is 12.9. The average Bonchev–Trinajstić information content (AvgIpc) is 3.37. The quantitative estimate of drug-likeness (QED) is 0.205. The van der Waals surface area contributed by atoms with E-state index in [4.69, 9.17) is 31.5 Å². The molecule has 1 aromatic carbocycles. The molecule has 194 valence electrons. The number of hydrogen-bond acceptors (Lipinski definition) is 9. The van der Waals surface area contributed by atoms with Crippen molar-refractivity contribution in [3.63, 3.8) is 0 Å². The fourth-order valence-electron chi connectivity index (χ4n) is 3.80. The molecule has 1 fully saturated rings. The second kappa shape index (κ2) is 10.2. The molecule has 1 unspecified atom stereocenters. The summed E-state index contributed by atoms with van der Waals surface area (Å²) in [6, 6.07) is 8.57. The van der Waals surface area contributed by atoms with Gasteiger partial charge in [0.2, 0.25) is 5.72 Å². The molecule has 4 rings (SSSR count). The van der Waals surface area contributed by atoms with Crippen LogP contribution in [0, 0.1) is 12.0 Å². The average molecular weight is 536 g/mol. The van der Waals surface area contributed by atoms with Crippen molar-refractivity contribution in [1.82, 2.24) is 14.6 Å². The molecule has 0 radical (unpaired) electrons. The van der Waals surface area contributed by atoms with Gasteiger partial charge in [0.25, 0.3) is 0 Å². The van der Waals surface area contributed by atoms with E-state index >= 15 is 4.39 Å². The van der Waals surface area contributed by atoms with Crippen molar-refractivity contribution >= 4 is 34.9 Å². The molecule has 0 aliphatic carbocycles. The first-order valence-electron chi connectivity index (χ1n) is 10.9. The molecule has 1 saturated heterocycles. The van der Waals surface area contributed by atoms with Crippen LogP contribution in [0.3, 0.4) is 0 Å². The van der Waals surface area contributed by atoms with Gasteiger partial charge in [-0.25, -0.2) is 13.7 Å². The molecule has 2 N–H and O–H groups in total. The van der Waals surface area contributed by atoms with Crippen molar-refractivity contribution in [3.8, 4) is 0 Å². The van der Waals surface area contributed by atoms with Crippen LogP contribution in [0.2, 0.25) is 5.02 Å². The highest BCUT2D eigenvalue weighted by Crippen LogP contribution is 2.45. The van der Waals surface area contributed by atoms with Crippen LogP contribution in [0.5, 0.6) is 0 Å². The van der Waals surface area contributed by atoms with Gasteiger partial charge in [0, 0.05) is 9.93 Å². The number of aromatic nitrogens is 3. The van der Waals surface area contributed by atoms with Crippen LogP contribution in [0.4, 0.5) is 14.6 Å². The molecule has 1 aliphatic rings. The number of benzene rings is 1. The summed E-state index contributed by atoms with van der Waals surface area (Å²) in [6.07, 6.45) is -6.78. The molecule has 15 heteroatoms. The summed E-state index contributed by atoms with van der Waals surface area (Å²) < 4.78 is 47.3. The Morgan fingerprint density at radius 2 is 2.14 bits per heavy atom. The van der Waals surface area contributed by atoms with Gasteiger partial charge in [-0.15, -0.1) is 5.10 Å². The summed E-state index contributed by atoms with van der Waals surface area (Å²) in [5, 5.41) is 7.43. The number of rotatable bonds is 7. The largest absolute Gasteiger partial charge is 0.459 e. The molecule has 37 heavy (non-hydrogen) atoms. The Morgan fingerprint density at radius 1 is 1.38 bits per heavy atom. The van der Waals surface area contributed by atoms with E-state index in [9.17, 15) is 19.5 Å². The molecule has 0 saturated carbocycles. The minimum atomic E-state index is -2.32.